The van der Waals surface area contributed by atoms with Crippen LogP contribution >= 0.6 is 11.8 Å². The molecule has 0 radical (unpaired) electrons. The number of amides is 2. The fraction of sp³-hybridized carbons (Fsp3) is 0.194. The number of nitrogens with two attached hydrogens (primary N) is 1. The van der Waals surface area contributed by atoms with E-state index in [2.05, 4.69) is 34.5 Å². The van der Waals surface area contributed by atoms with Gasteiger partial charge in [-0.1, -0.05) is 84.6 Å². The first-order valence-electron chi connectivity index (χ1n) is 15.2. The van der Waals surface area contributed by atoms with Gasteiger partial charge in [-0.25, -0.2) is 9.69 Å². The number of nitrogens with zero attached hydrogens (tertiary/aromatic N) is 5. The number of carbonyl (C=O) groups is 2. The van der Waals surface area contributed by atoms with E-state index in [9.17, 15) is 9.59 Å². The van der Waals surface area contributed by atoms with Crippen molar-refractivity contribution in [2.45, 2.75) is 31.0 Å². The molecule has 1 aliphatic heterocycles. The molecule has 11 heteroatoms. The first kappa shape index (κ1) is 30.4. The van der Waals surface area contributed by atoms with Crippen LogP contribution in [-0.4, -0.2) is 58.1 Å². The predicted molar refractivity (Wildman–Crippen MR) is 182 cm³/mol. The molecule has 1 aromatic heterocycles. The van der Waals surface area contributed by atoms with Gasteiger partial charge in [-0.3, -0.25) is 4.79 Å². The topological polar surface area (TPSA) is 125 Å². The number of hydrogen-bond donors (Lipinski definition) is 1. The molecule has 2 aliphatic rings. The molecule has 47 heavy (non-hydrogen) atoms. The molecule has 236 valence electrons. The molecule has 1 atom stereocenters. The molecule has 7 rings (SSSR count). The number of aromatic nitrogens is 3. The third kappa shape index (κ3) is 5.47. The highest BCUT2D eigenvalue weighted by Crippen LogP contribution is 2.44. The lowest BCUT2D eigenvalue weighted by Gasteiger charge is -2.25. The molecule has 0 spiro atoms. The van der Waals surface area contributed by atoms with Crippen molar-refractivity contribution in [3.63, 3.8) is 0 Å². The second kappa shape index (κ2) is 12.5. The van der Waals surface area contributed by atoms with Crippen molar-refractivity contribution in [2.24, 2.45) is 10.8 Å². The lowest BCUT2D eigenvalue weighted by Crippen LogP contribution is -2.46. The van der Waals surface area contributed by atoms with Crippen molar-refractivity contribution >= 4 is 35.2 Å². The van der Waals surface area contributed by atoms with Gasteiger partial charge >= 0.3 is 6.09 Å². The van der Waals surface area contributed by atoms with E-state index in [4.69, 9.17) is 20.3 Å². The highest BCUT2D eigenvalue weighted by molar-refractivity contribution is 7.99. The van der Waals surface area contributed by atoms with Gasteiger partial charge in [-0.05, 0) is 59.9 Å². The van der Waals surface area contributed by atoms with Crippen LogP contribution in [0, 0.1) is 6.92 Å². The van der Waals surface area contributed by atoms with Crippen molar-refractivity contribution in [2.75, 3.05) is 24.4 Å². The third-order valence-electron chi connectivity index (χ3n) is 8.43. The van der Waals surface area contributed by atoms with Gasteiger partial charge in [-0.15, -0.1) is 10.2 Å². The zero-order chi connectivity index (χ0) is 32.7. The largest absolute Gasteiger partial charge is 0.496 e. The van der Waals surface area contributed by atoms with E-state index in [0.29, 0.717) is 33.7 Å². The van der Waals surface area contributed by atoms with E-state index in [1.165, 1.54) is 11.8 Å². The molecule has 0 saturated carbocycles. The SMILES string of the molecule is COc1ccccc1-c1nnc2n1N=C(c1ccc(C)c(N(C(=O)OCC3c4ccccc4-c4ccccc43)C(=O)[C@H](C)N)c1)CS2. The van der Waals surface area contributed by atoms with Crippen LogP contribution in [0.5, 0.6) is 5.75 Å². The number of fused-ring (bicyclic) bond motifs is 4. The number of rotatable bonds is 7. The van der Waals surface area contributed by atoms with Crippen LogP contribution in [0.1, 0.15) is 35.1 Å². The average Bonchev–Trinajstić information content (AvgIpc) is 3.67. The standard InChI is InChI=1S/C36H32N6O4S/c1-21-16-17-23(30-20-47-35-39-38-33(42(35)40-30)28-14-8-9-15-32(28)45-3)18-31(21)41(34(43)22(2)37)36(44)46-19-29-26-12-6-4-10-24(26)25-11-5-7-13-27(25)29/h4-18,22,29H,19-20,37H2,1-3H3/t22-/m0/s1. The number of para-hydroxylation sites is 1. The van der Waals surface area contributed by atoms with Crippen molar-refractivity contribution in [3.8, 4) is 28.3 Å². The Morgan fingerprint density at radius 1 is 0.957 bits per heavy atom. The Hall–Kier alpha value is -5.26. The molecule has 1 aliphatic carbocycles. The molecule has 0 unspecified atom stereocenters. The number of benzene rings is 4. The smallest absolute Gasteiger partial charge is 0.421 e. The van der Waals surface area contributed by atoms with Crippen LogP contribution in [0.3, 0.4) is 0 Å². The minimum Gasteiger partial charge on any atom is -0.496 e. The lowest BCUT2D eigenvalue weighted by atomic mass is 9.98. The van der Waals surface area contributed by atoms with Gasteiger partial charge in [0.15, 0.2) is 5.82 Å². The van der Waals surface area contributed by atoms with Gasteiger partial charge in [0.1, 0.15) is 12.4 Å². The quantitative estimate of drug-likeness (QED) is 0.221. The third-order valence-corrected chi connectivity index (χ3v) is 9.36. The summed E-state index contributed by atoms with van der Waals surface area (Å²) >= 11 is 1.49. The normalized spacial score (nSPS) is 14.0. The minimum absolute atomic E-state index is 0.0693. The maximum Gasteiger partial charge on any atom is 0.421 e. The van der Waals surface area contributed by atoms with Crippen LogP contribution in [-0.2, 0) is 9.53 Å². The zero-order valence-corrected chi connectivity index (χ0v) is 26.9. The molecule has 0 fully saturated rings. The van der Waals surface area contributed by atoms with Crippen molar-refractivity contribution < 1.29 is 19.1 Å². The molecule has 2 heterocycles. The molecule has 0 bridgehead atoms. The Morgan fingerprint density at radius 2 is 1.62 bits per heavy atom. The van der Waals surface area contributed by atoms with Gasteiger partial charge in [0.2, 0.25) is 5.16 Å². The number of hydrogen-bond acceptors (Lipinski definition) is 9. The fourth-order valence-electron chi connectivity index (χ4n) is 6.07. The second-order valence-corrected chi connectivity index (χ2v) is 12.4. The molecular weight excluding hydrogens is 613 g/mol. The molecule has 2 amide bonds. The number of ether oxygens (including phenoxy) is 2. The summed E-state index contributed by atoms with van der Waals surface area (Å²) in [6.07, 6.45) is -0.783. The molecular formula is C36H32N6O4S. The fourth-order valence-corrected chi connectivity index (χ4v) is 6.90. The van der Waals surface area contributed by atoms with E-state index in [0.717, 1.165) is 44.0 Å². The van der Waals surface area contributed by atoms with Crippen molar-refractivity contribution in [1.29, 1.82) is 0 Å². The summed E-state index contributed by atoms with van der Waals surface area (Å²) < 4.78 is 13.2. The number of aryl methyl sites for hydroxylation is 1. The number of carbonyl (C=O) groups excluding carboxylic acids is 2. The summed E-state index contributed by atoms with van der Waals surface area (Å²) in [4.78, 5) is 28.5. The summed E-state index contributed by atoms with van der Waals surface area (Å²) in [6, 6.07) is 28.4. The van der Waals surface area contributed by atoms with Gasteiger partial charge in [0.05, 0.1) is 30.1 Å². The molecule has 5 aromatic rings. The van der Waals surface area contributed by atoms with E-state index >= 15 is 0 Å². The Morgan fingerprint density at radius 3 is 2.30 bits per heavy atom. The number of imide groups is 1. The number of methoxy groups -OCH3 is 1. The van der Waals surface area contributed by atoms with E-state index in [-0.39, 0.29) is 12.5 Å². The Balaban J connectivity index is 1.21. The molecule has 4 aromatic carbocycles. The van der Waals surface area contributed by atoms with Crippen molar-refractivity contribution in [1.82, 2.24) is 14.9 Å². The van der Waals surface area contributed by atoms with Gasteiger partial charge in [0.25, 0.3) is 5.91 Å². The van der Waals surface area contributed by atoms with E-state index in [1.807, 2.05) is 67.6 Å². The summed E-state index contributed by atoms with van der Waals surface area (Å²) in [5.74, 6) is 0.985. The Labute approximate surface area is 276 Å². The maximum atomic E-state index is 13.9. The molecule has 0 saturated heterocycles. The summed E-state index contributed by atoms with van der Waals surface area (Å²) in [5.41, 5.74) is 13.8. The number of anilines is 1. The van der Waals surface area contributed by atoms with Crippen molar-refractivity contribution in [3.05, 3.63) is 113 Å². The average molecular weight is 645 g/mol. The zero-order valence-electron chi connectivity index (χ0n) is 26.1. The maximum absolute atomic E-state index is 13.9. The minimum atomic E-state index is -0.941. The van der Waals surface area contributed by atoms with Gasteiger partial charge < -0.3 is 15.2 Å². The predicted octanol–water partition coefficient (Wildman–Crippen LogP) is 6.25. The Bertz CT molecular complexity index is 2010. The highest BCUT2D eigenvalue weighted by Gasteiger charge is 2.33. The number of thioether (sulfide) groups is 1. The molecule has 10 nitrogen and oxygen atoms in total. The second-order valence-electron chi connectivity index (χ2n) is 11.4. The van der Waals surface area contributed by atoms with Gasteiger partial charge in [0, 0.05) is 17.2 Å². The van der Waals surface area contributed by atoms with Crippen LogP contribution in [0.25, 0.3) is 22.5 Å². The summed E-state index contributed by atoms with van der Waals surface area (Å²) in [7, 11) is 1.61. The first-order chi connectivity index (χ1) is 22.9. The summed E-state index contributed by atoms with van der Waals surface area (Å²) in [6.45, 7) is 3.46. The van der Waals surface area contributed by atoms with Crippen LogP contribution in [0.4, 0.5) is 10.5 Å². The summed E-state index contributed by atoms with van der Waals surface area (Å²) in [5, 5.41) is 14.3. The molecule has 2 N–H and O–H groups in total. The van der Waals surface area contributed by atoms with E-state index < -0.39 is 18.0 Å². The lowest BCUT2D eigenvalue weighted by molar-refractivity contribution is -0.119. The monoisotopic (exact) mass is 644 g/mol. The Kier molecular flexibility index (Phi) is 8.09. The van der Waals surface area contributed by atoms with Crippen LogP contribution in [0.2, 0.25) is 0 Å². The van der Waals surface area contributed by atoms with Crippen LogP contribution in [0.15, 0.2) is 101 Å². The van der Waals surface area contributed by atoms with E-state index in [1.54, 1.807) is 24.8 Å². The first-order valence-corrected chi connectivity index (χ1v) is 16.2. The highest BCUT2D eigenvalue weighted by atomic mass is 32.2. The van der Waals surface area contributed by atoms with Gasteiger partial charge in [-0.2, -0.15) is 9.78 Å². The van der Waals surface area contributed by atoms with Crippen LogP contribution < -0.4 is 15.4 Å².